The fraction of sp³-hybridized carbons (Fsp3) is 0.704. The molecule has 0 radical (unpaired) electrons. The lowest BCUT2D eigenvalue weighted by Gasteiger charge is -2.23. The Kier molecular flexibility index (Phi) is 13.5. The third-order valence-electron chi connectivity index (χ3n) is 5.02. The summed E-state index contributed by atoms with van der Waals surface area (Å²) in [4.78, 5) is 0. The van der Waals surface area contributed by atoms with E-state index in [0.717, 1.165) is 17.9 Å². The number of aryl methyl sites for hydroxylation is 1. The van der Waals surface area contributed by atoms with Crippen LogP contribution in [0.15, 0.2) is 30.4 Å². The minimum absolute atomic E-state index is 0.992. The summed E-state index contributed by atoms with van der Waals surface area (Å²) in [5.41, 5.74) is 1.36. The number of hydrogen-bond donors (Lipinski definition) is 0. The molecule has 0 saturated carbocycles. The molecule has 0 aromatic heterocycles. The smallest absolute Gasteiger partial charge is 0.242 e. The first-order valence-electron chi connectivity index (χ1n) is 12.8. The van der Waals surface area contributed by atoms with Gasteiger partial charge in [-0.05, 0) is 95.5 Å². The van der Waals surface area contributed by atoms with Crippen molar-refractivity contribution in [2.45, 2.75) is 123 Å². The van der Waals surface area contributed by atoms with Crippen LogP contribution in [-0.2, 0) is 6.42 Å². The van der Waals surface area contributed by atoms with Crippen LogP contribution >= 0.6 is 0 Å². The van der Waals surface area contributed by atoms with E-state index in [9.17, 15) is 0 Å². The second-order valence-corrected chi connectivity index (χ2v) is 19.7. The second kappa shape index (κ2) is 14.9. The highest BCUT2D eigenvalue weighted by Gasteiger charge is 2.20. The number of benzene rings is 1. The second-order valence-electron chi connectivity index (χ2n) is 10.9. The predicted octanol–water partition coefficient (Wildman–Crippen LogP) is 9.52. The molecule has 178 valence electrons. The normalized spacial score (nSPS) is 12.5. The molecule has 0 aliphatic carbocycles. The average Bonchev–Trinajstić information content (AvgIpc) is 2.62. The molecule has 2 nitrogen and oxygen atoms in total. The summed E-state index contributed by atoms with van der Waals surface area (Å²) < 4.78 is 12.6. The van der Waals surface area contributed by atoms with Crippen LogP contribution in [0.2, 0.25) is 39.3 Å². The number of rotatable bonds is 17. The molecule has 0 fully saturated rings. The van der Waals surface area contributed by atoms with Gasteiger partial charge in [0, 0.05) is 6.07 Å². The predicted molar refractivity (Wildman–Crippen MR) is 144 cm³/mol. The van der Waals surface area contributed by atoms with E-state index in [0.29, 0.717) is 0 Å². The van der Waals surface area contributed by atoms with Gasteiger partial charge in [-0.15, -0.1) is 0 Å². The SMILES string of the molecule is CCCCCC/C=C\CCCCCCCc1cc(O[Si](C)(C)C)cc(O[Si](C)(C)C)c1. The van der Waals surface area contributed by atoms with Crippen molar-refractivity contribution in [1.29, 1.82) is 0 Å². The highest BCUT2D eigenvalue weighted by molar-refractivity contribution is 6.70. The summed E-state index contributed by atoms with van der Waals surface area (Å²) >= 11 is 0. The first kappa shape index (κ1) is 28.0. The molecule has 0 atom stereocenters. The summed E-state index contributed by atoms with van der Waals surface area (Å²) in [7, 11) is -3.25. The highest BCUT2D eigenvalue weighted by atomic mass is 28.4. The Morgan fingerprint density at radius 1 is 0.613 bits per heavy atom. The van der Waals surface area contributed by atoms with Crippen LogP contribution < -0.4 is 8.85 Å². The number of hydrogen-bond acceptors (Lipinski definition) is 2. The fourth-order valence-electron chi connectivity index (χ4n) is 3.65. The van der Waals surface area contributed by atoms with Gasteiger partial charge in [-0.1, -0.05) is 57.6 Å². The zero-order valence-corrected chi connectivity index (χ0v) is 23.7. The fourth-order valence-corrected chi connectivity index (χ4v) is 5.30. The molecular weight excluding hydrogens is 412 g/mol. The van der Waals surface area contributed by atoms with E-state index < -0.39 is 16.6 Å². The van der Waals surface area contributed by atoms with E-state index in [1.54, 1.807) is 0 Å². The lowest BCUT2D eigenvalue weighted by Crippen LogP contribution is -2.30. The van der Waals surface area contributed by atoms with Crippen LogP contribution in [0.25, 0.3) is 0 Å². The molecule has 1 aromatic carbocycles. The van der Waals surface area contributed by atoms with Crippen molar-refractivity contribution in [3.8, 4) is 11.5 Å². The Bertz CT molecular complexity index is 593. The summed E-state index contributed by atoms with van der Waals surface area (Å²) in [5, 5.41) is 0. The number of allylic oxidation sites excluding steroid dienone is 2. The van der Waals surface area contributed by atoms with Crippen LogP contribution in [0.4, 0.5) is 0 Å². The van der Waals surface area contributed by atoms with Crippen LogP contribution in [-0.4, -0.2) is 16.6 Å². The molecule has 0 unspecified atom stereocenters. The Labute approximate surface area is 196 Å². The van der Waals surface area contributed by atoms with Crippen LogP contribution in [0.1, 0.15) is 83.1 Å². The van der Waals surface area contributed by atoms with E-state index in [4.69, 9.17) is 8.85 Å². The summed E-state index contributed by atoms with van der Waals surface area (Å²) in [6.07, 6.45) is 20.5. The van der Waals surface area contributed by atoms with Crippen LogP contribution in [0, 0.1) is 0 Å². The standard InChI is InChI=1S/C27H50O2Si2/c1-8-9-10-11-12-13-14-15-16-17-18-19-20-21-25-22-26(28-30(2,3)4)24-27(23-25)29-31(5,6)7/h13-14,22-24H,8-12,15-21H2,1-7H3/b14-13-. The topological polar surface area (TPSA) is 18.5 Å². The Morgan fingerprint density at radius 2 is 1.06 bits per heavy atom. The van der Waals surface area contributed by atoms with Crippen molar-refractivity contribution in [2.24, 2.45) is 0 Å². The van der Waals surface area contributed by atoms with Gasteiger partial charge in [0.15, 0.2) is 0 Å². The van der Waals surface area contributed by atoms with Crippen LogP contribution in [0.3, 0.4) is 0 Å². The molecule has 4 heteroatoms. The van der Waals surface area contributed by atoms with Crippen molar-refractivity contribution >= 4 is 16.6 Å². The molecule has 0 aliphatic rings. The molecule has 1 aromatic rings. The quantitative estimate of drug-likeness (QED) is 0.130. The molecule has 31 heavy (non-hydrogen) atoms. The first-order valence-corrected chi connectivity index (χ1v) is 19.6. The van der Waals surface area contributed by atoms with E-state index in [-0.39, 0.29) is 0 Å². The molecule has 0 N–H and O–H groups in total. The molecule has 0 bridgehead atoms. The largest absolute Gasteiger partial charge is 0.544 e. The van der Waals surface area contributed by atoms with E-state index in [1.807, 2.05) is 0 Å². The van der Waals surface area contributed by atoms with Gasteiger partial charge in [-0.2, -0.15) is 0 Å². The zero-order chi connectivity index (χ0) is 23.2. The monoisotopic (exact) mass is 462 g/mol. The molecule has 0 spiro atoms. The lowest BCUT2D eigenvalue weighted by atomic mass is 10.0. The summed E-state index contributed by atoms with van der Waals surface area (Å²) in [5.74, 6) is 1.98. The maximum atomic E-state index is 6.28. The van der Waals surface area contributed by atoms with Gasteiger partial charge in [-0.25, -0.2) is 0 Å². The average molecular weight is 463 g/mol. The molecule has 1 rings (SSSR count). The van der Waals surface area contributed by atoms with Gasteiger partial charge in [-0.3, -0.25) is 0 Å². The van der Waals surface area contributed by atoms with Crippen molar-refractivity contribution in [3.05, 3.63) is 35.9 Å². The Balaban J connectivity index is 2.34. The zero-order valence-electron chi connectivity index (χ0n) is 21.7. The molecule has 0 heterocycles. The van der Waals surface area contributed by atoms with Gasteiger partial charge in [0.1, 0.15) is 11.5 Å². The van der Waals surface area contributed by atoms with Crippen LogP contribution in [0.5, 0.6) is 11.5 Å². The maximum Gasteiger partial charge on any atom is 0.242 e. The molecule has 0 aliphatic heterocycles. The summed E-state index contributed by atoms with van der Waals surface area (Å²) in [6, 6.07) is 6.57. The minimum Gasteiger partial charge on any atom is -0.544 e. The molecule has 0 amide bonds. The molecular formula is C27H50O2Si2. The maximum absolute atomic E-state index is 6.28. The van der Waals surface area contributed by atoms with Crippen molar-refractivity contribution in [2.75, 3.05) is 0 Å². The van der Waals surface area contributed by atoms with Crippen molar-refractivity contribution in [3.63, 3.8) is 0 Å². The number of unbranched alkanes of at least 4 members (excludes halogenated alkanes) is 9. The van der Waals surface area contributed by atoms with Crippen molar-refractivity contribution < 1.29 is 8.85 Å². The third-order valence-corrected chi connectivity index (χ3v) is 6.71. The lowest BCUT2D eigenvalue weighted by molar-refractivity contribution is 0.530. The van der Waals surface area contributed by atoms with E-state index in [1.165, 1.54) is 76.2 Å². The van der Waals surface area contributed by atoms with Gasteiger partial charge in [0.2, 0.25) is 16.6 Å². The van der Waals surface area contributed by atoms with E-state index >= 15 is 0 Å². The Morgan fingerprint density at radius 3 is 1.55 bits per heavy atom. The van der Waals surface area contributed by atoms with E-state index in [2.05, 4.69) is 76.6 Å². The Hall–Kier alpha value is -1.01. The van der Waals surface area contributed by atoms with Gasteiger partial charge < -0.3 is 8.85 Å². The first-order chi connectivity index (χ1) is 14.6. The van der Waals surface area contributed by atoms with Crippen molar-refractivity contribution in [1.82, 2.24) is 0 Å². The molecule has 0 saturated heterocycles. The van der Waals surface area contributed by atoms with Gasteiger partial charge >= 0.3 is 0 Å². The third kappa shape index (κ3) is 16.3. The van der Waals surface area contributed by atoms with Gasteiger partial charge in [0.05, 0.1) is 0 Å². The highest BCUT2D eigenvalue weighted by Crippen LogP contribution is 2.28. The minimum atomic E-state index is -1.62. The van der Waals surface area contributed by atoms with Gasteiger partial charge in [0.25, 0.3) is 0 Å². The summed E-state index contributed by atoms with van der Waals surface area (Å²) in [6.45, 7) is 15.7.